The Balaban J connectivity index is 0.00000288. The van der Waals surface area contributed by atoms with Gasteiger partial charge in [-0.1, -0.05) is 30.3 Å². The largest absolute Gasteiger partial charge is 0.370 e. The predicted octanol–water partition coefficient (Wildman–Crippen LogP) is 0.608. The van der Waals surface area contributed by atoms with Gasteiger partial charge in [-0.05, 0) is 5.56 Å². The second kappa shape index (κ2) is 11.0. The molecule has 24 heavy (non-hydrogen) atoms. The molecule has 0 saturated carbocycles. The number of primary amides is 1. The standard InChI is InChI=1S/C17H26N4O2.ClH/c18-16(22)6-10-20(14-15-4-2-1-3-5-15)11-7-17(23)21-12-8-19-9-13-21;/h1-5,19H,6-14H2,(H2,18,22);1H. The first kappa shape index (κ1) is 20.4. The molecular formula is C17H27ClN4O2. The van der Waals surface area contributed by atoms with Crippen LogP contribution < -0.4 is 11.1 Å². The van der Waals surface area contributed by atoms with Gasteiger partial charge in [-0.15, -0.1) is 12.4 Å². The molecule has 0 aromatic heterocycles. The molecule has 1 aliphatic heterocycles. The number of nitrogens with one attached hydrogen (secondary N) is 1. The van der Waals surface area contributed by atoms with Crippen molar-refractivity contribution in [1.82, 2.24) is 15.1 Å². The van der Waals surface area contributed by atoms with E-state index in [0.717, 1.165) is 32.7 Å². The van der Waals surface area contributed by atoms with Gasteiger partial charge in [0, 0.05) is 58.7 Å². The number of halogens is 1. The highest BCUT2D eigenvalue weighted by molar-refractivity contribution is 5.85. The van der Waals surface area contributed by atoms with E-state index in [2.05, 4.69) is 22.3 Å². The van der Waals surface area contributed by atoms with Crippen LogP contribution in [-0.2, 0) is 16.1 Å². The number of nitrogens with two attached hydrogens (primary N) is 1. The second-order valence-corrected chi connectivity index (χ2v) is 5.86. The molecule has 0 unspecified atom stereocenters. The number of rotatable bonds is 8. The molecule has 1 aromatic rings. The first-order chi connectivity index (χ1) is 11.1. The maximum Gasteiger partial charge on any atom is 0.223 e. The van der Waals surface area contributed by atoms with Crippen molar-refractivity contribution in [3.8, 4) is 0 Å². The SMILES string of the molecule is Cl.NC(=O)CCN(CCC(=O)N1CCNCC1)Cc1ccccc1. The molecule has 1 fully saturated rings. The summed E-state index contributed by atoms with van der Waals surface area (Å²) in [6, 6.07) is 10.1. The minimum absolute atomic E-state index is 0. The van der Waals surface area contributed by atoms with Crippen LogP contribution in [0.15, 0.2) is 30.3 Å². The van der Waals surface area contributed by atoms with E-state index in [1.807, 2.05) is 23.1 Å². The minimum atomic E-state index is -0.309. The summed E-state index contributed by atoms with van der Waals surface area (Å²) in [6.45, 7) is 5.23. The summed E-state index contributed by atoms with van der Waals surface area (Å²) >= 11 is 0. The van der Waals surface area contributed by atoms with Crippen molar-refractivity contribution in [2.45, 2.75) is 19.4 Å². The van der Waals surface area contributed by atoms with Gasteiger partial charge in [0.05, 0.1) is 0 Å². The molecule has 0 radical (unpaired) electrons. The van der Waals surface area contributed by atoms with Gasteiger partial charge < -0.3 is 16.0 Å². The fourth-order valence-corrected chi connectivity index (χ4v) is 2.71. The summed E-state index contributed by atoms with van der Waals surface area (Å²) in [5.74, 6) is -0.125. The molecule has 0 spiro atoms. The lowest BCUT2D eigenvalue weighted by atomic mass is 10.2. The summed E-state index contributed by atoms with van der Waals surface area (Å²) < 4.78 is 0. The van der Waals surface area contributed by atoms with E-state index in [-0.39, 0.29) is 24.2 Å². The summed E-state index contributed by atoms with van der Waals surface area (Å²) in [5, 5.41) is 3.24. The lowest BCUT2D eigenvalue weighted by molar-refractivity contribution is -0.132. The average Bonchev–Trinajstić information content (AvgIpc) is 2.58. The highest BCUT2D eigenvalue weighted by Gasteiger charge is 2.17. The van der Waals surface area contributed by atoms with Gasteiger partial charge >= 0.3 is 0 Å². The van der Waals surface area contributed by atoms with Crippen LogP contribution in [0.4, 0.5) is 0 Å². The Morgan fingerprint density at radius 2 is 1.71 bits per heavy atom. The van der Waals surface area contributed by atoms with E-state index in [1.54, 1.807) is 0 Å². The minimum Gasteiger partial charge on any atom is -0.370 e. The van der Waals surface area contributed by atoms with Crippen LogP contribution in [-0.4, -0.2) is 60.9 Å². The summed E-state index contributed by atoms with van der Waals surface area (Å²) in [7, 11) is 0. The average molecular weight is 355 g/mol. The molecule has 0 bridgehead atoms. The van der Waals surface area contributed by atoms with Gasteiger partial charge in [-0.3, -0.25) is 14.5 Å². The Hall–Kier alpha value is -1.63. The smallest absolute Gasteiger partial charge is 0.223 e. The second-order valence-electron chi connectivity index (χ2n) is 5.86. The van der Waals surface area contributed by atoms with Crippen molar-refractivity contribution >= 4 is 24.2 Å². The molecule has 1 saturated heterocycles. The maximum atomic E-state index is 12.3. The van der Waals surface area contributed by atoms with Crippen molar-refractivity contribution in [3.05, 3.63) is 35.9 Å². The van der Waals surface area contributed by atoms with Crippen LogP contribution in [0.5, 0.6) is 0 Å². The number of hydrogen-bond acceptors (Lipinski definition) is 4. The van der Waals surface area contributed by atoms with Gasteiger partial charge in [-0.2, -0.15) is 0 Å². The number of carbonyl (C=O) groups excluding carboxylic acids is 2. The van der Waals surface area contributed by atoms with E-state index in [1.165, 1.54) is 5.56 Å². The van der Waals surface area contributed by atoms with E-state index in [0.29, 0.717) is 25.9 Å². The van der Waals surface area contributed by atoms with Crippen LogP contribution >= 0.6 is 12.4 Å². The number of nitrogens with zero attached hydrogens (tertiary/aromatic N) is 2. The van der Waals surface area contributed by atoms with Crippen molar-refractivity contribution in [1.29, 1.82) is 0 Å². The third kappa shape index (κ3) is 7.29. The number of amides is 2. The zero-order chi connectivity index (χ0) is 16.5. The molecular weight excluding hydrogens is 328 g/mol. The van der Waals surface area contributed by atoms with Gasteiger partial charge in [-0.25, -0.2) is 0 Å². The van der Waals surface area contributed by atoms with Gasteiger partial charge in [0.15, 0.2) is 0 Å². The summed E-state index contributed by atoms with van der Waals surface area (Å²) in [5.41, 5.74) is 6.43. The van der Waals surface area contributed by atoms with Crippen LogP contribution in [0.25, 0.3) is 0 Å². The molecule has 0 aliphatic carbocycles. The van der Waals surface area contributed by atoms with Crippen LogP contribution in [0.3, 0.4) is 0 Å². The van der Waals surface area contributed by atoms with Gasteiger partial charge in [0.2, 0.25) is 11.8 Å². The van der Waals surface area contributed by atoms with Crippen LogP contribution in [0.2, 0.25) is 0 Å². The number of piperazine rings is 1. The Bertz CT molecular complexity index is 507. The van der Waals surface area contributed by atoms with Crippen molar-refractivity contribution in [2.75, 3.05) is 39.3 Å². The van der Waals surface area contributed by atoms with Crippen LogP contribution in [0, 0.1) is 0 Å². The molecule has 2 rings (SSSR count). The van der Waals surface area contributed by atoms with E-state index < -0.39 is 0 Å². The summed E-state index contributed by atoms with van der Waals surface area (Å²) in [6.07, 6.45) is 0.792. The predicted molar refractivity (Wildman–Crippen MR) is 96.8 cm³/mol. The molecule has 0 atom stereocenters. The Morgan fingerprint density at radius 3 is 2.33 bits per heavy atom. The number of carbonyl (C=O) groups is 2. The highest BCUT2D eigenvalue weighted by atomic mass is 35.5. The molecule has 6 nitrogen and oxygen atoms in total. The molecule has 134 valence electrons. The zero-order valence-electron chi connectivity index (χ0n) is 13.9. The molecule has 1 aliphatic rings. The lowest BCUT2D eigenvalue weighted by Crippen LogP contribution is -2.47. The fourth-order valence-electron chi connectivity index (χ4n) is 2.71. The van der Waals surface area contributed by atoms with Crippen molar-refractivity contribution in [3.63, 3.8) is 0 Å². The first-order valence-electron chi connectivity index (χ1n) is 8.18. The van der Waals surface area contributed by atoms with E-state index in [4.69, 9.17) is 5.73 Å². The Labute approximate surface area is 149 Å². The molecule has 3 N–H and O–H groups in total. The quantitative estimate of drug-likeness (QED) is 0.717. The first-order valence-corrected chi connectivity index (χ1v) is 8.18. The fraction of sp³-hybridized carbons (Fsp3) is 0.529. The molecule has 1 heterocycles. The third-order valence-corrected chi connectivity index (χ3v) is 4.04. The normalized spacial score (nSPS) is 14.3. The van der Waals surface area contributed by atoms with Gasteiger partial charge in [0.1, 0.15) is 0 Å². The van der Waals surface area contributed by atoms with Gasteiger partial charge in [0.25, 0.3) is 0 Å². The van der Waals surface area contributed by atoms with Crippen LogP contribution in [0.1, 0.15) is 18.4 Å². The molecule has 1 aromatic carbocycles. The summed E-state index contributed by atoms with van der Waals surface area (Å²) in [4.78, 5) is 27.4. The van der Waals surface area contributed by atoms with E-state index >= 15 is 0 Å². The van der Waals surface area contributed by atoms with E-state index in [9.17, 15) is 9.59 Å². The van der Waals surface area contributed by atoms with Crippen molar-refractivity contribution < 1.29 is 9.59 Å². The Morgan fingerprint density at radius 1 is 1.08 bits per heavy atom. The molecule has 7 heteroatoms. The van der Waals surface area contributed by atoms with Crippen molar-refractivity contribution in [2.24, 2.45) is 5.73 Å². The third-order valence-electron chi connectivity index (χ3n) is 4.04. The number of hydrogen-bond donors (Lipinski definition) is 2. The molecule has 2 amide bonds. The number of benzene rings is 1. The monoisotopic (exact) mass is 354 g/mol. The Kier molecular flexibility index (Phi) is 9.37. The lowest BCUT2D eigenvalue weighted by Gasteiger charge is -2.29. The highest BCUT2D eigenvalue weighted by Crippen LogP contribution is 2.07. The maximum absolute atomic E-state index is 12.3. The topological polar surface area (TPSA) is 78.7 Å². The zero-order valence-corrected chi connectivity index (χ0v) is 14.8.